The lowest BCUT2D eigenvalue weighted by molar-refractivity contribution is 0.899. The number of hydrogen-bond acceptors (Lipinski definition) is 3. The molecule has 88 valence electrons. The highest BCUT2D eigenvalue weighted by atomic mass is 79.9. The van der Waals surface area contributed by atoms with Crippen LogP contribution in [0.15, 0.2) is 47.1 Å². The maximum atomic E-state index is 5.94. The number of anilines is 2. The van der Waals surface area contributed by atoms with Crippen molar-refractivity contribution < 1.29 is 0 Å². The molecule has 0 atom stereocenters. The fraction of sp³-hybridized carbons (Fsp3) is 0.154. The van der Waals surface area contributed by atoms with E-state index in [2.05, 4.69) is 33.0 Å². The van der Waals surface area contributed by atoms with Crippen LogP contribution in [0.25, 0.3) is 0 Å². The Labute approximate surface area is 109 Å². The summed E-state index contributed by atoms with van der Waals surface area (Å²) in [6, 6.07) is 12.1. The predicted octanol–water partition coefficient (Wildman–Crippen LogP) is 3.06. The molecule has 1 aromatic heterocycles. The highest BCUT2D eigenvalue weighted by molar-refractivity contribution is 9.10. The van der Waals surface area contributed by atoms with Gasteiger partial charge in [-0.25, -0.2) is 4.98 Å². The molecule has 0 spiro atoms. The lowest BCUT2D eigenvalue weighted by atomic mass is 10.2. The second-order valence-corrected chi connectivity index (χ2v) is 4.82. The van der Waals surface area contributed by atoms with Crippen LogP contribution in [0.2, 0.25) is 0 Å². The van der Waals surface area contributed by atoms with Gasteiger partial charge in [0.05, 0.1) is 5.69 Å². The summed E-state index contributed by atoms with van der Waals surface area (Å²) < 4.78 is 0.895. The summed E-state index contributed by atoms with van der Waals surface area (Å²) in [6.45, 7) is 0.791. The van der Waals surface area contributed by atoms with Crippen molar-refractivity contribution in [2.45, 2.75) is 6.54 Å². The van der Waals surface area contributed by atoms with Crippen molar-refractivity contribution in [2.75, 3.05) is 17.7 Å². The van der Waals surface area contributed by atoms with Gasteiger partial charge in [-0.3, -0.25) is 0 Å². The van der Waals surface area contributed by atoms with Crippen molar-refractivity contribution in [1.29, 1.82) is 0 Å². The minimum atomic E-state index is 0.679. The summed E-state index contributed by atoms with van der Waals surface area (Å²) in [7, 11) is 1.99. The fourth-order valence-electron chi connectivity index (χ4n) is 1.70. The van der Waals surface area contributed by atoms with E-state index in [9.17, 15) is 0 Å². The van der Waals surface area contributed by atoms with Gasteiger partial charge in [0.1, 0.15) is 0 Å². The first-order valence-corrected chi connectivity index (χ1v) is 6.12. The zero-order valence-electron chi connectivity index (χ0n) is 9.60. The number of nitrogens with zero attached hydrogens (tertiary/aromatic N) is 2. The van der Waals surface area contributed by atoms with E-state index < -0.39 is 0 Å². The molecule has 2 N–H and O–H groups in total. The molecule has 0 amide bonds. The minimum Gasteiger partial charge on any atom is -0.396 e. The number of halogens is 1. The van der Waals surface area contributed by atoms with Gasteiger partial charge >= 0.3 is 0 Å². The number of pyridine rings is 1. The van der Waals surface area contributed by atoms with Crippen LogP contribution < -0.4 is 10.6 Å². The SMILES string of the molecule is CN(Cc1ccccc1)c1ncc(Br)cc1N. The first-order chi connectivity index (χ1) is 8.16. The molecule has 0 bridgehead atoms. The average molecular weight is 292 g/mol. The summed E-state index contributed by atoms with van der Waals surface area (Å²) in [5, 5.41) is 0. The van der Waals surface area contributed by atoms with Crippen LogP contribution in [0.3, 0.4) is 0 Å². The summed E-state index contributed by atoms with van der Waals surface area (Å²) in [5.74, 6) is 0.803. The van der Waals surface area contributed by atoms with Crippen LogP contribution >= 0.6 is 15.9 Å². The van der Waals surface area contributed by atoms with Gasteiger partial charge < -0.3 is 10.6 Å². The molecule has 17 heavy (non-hydrogen) atoms. The summed E-state index contributed by atoms with van der Waals surface area (Å²) >= 11 is 3.35. The van der Waals surface area contributed by atoms with Crippen LogP contribution in [-0.2, 0) is 6.54 Å². The molecule has 0 aliphatic rings. The molecule has 0 fully saturated rings. The third-order valence-electron chi connectivity index (χ3n) is 2.49. The quantitative estimate of drug-likeness (QED) is 0.945. The van der Waals surface area contributed by atoms with E-state index in [1.807, 2.05) is 36.2 Å². The lowest BCUT2D eigenvalue weighted by Crippen LogP contribution is -2.19. The van der Waals surface area contributed by atoms with Crippen molar-refractivity contribution in [1.82, 2.24) is 4.98 Å². The highest BCUT2D eigenvalue weighted by Gasteiger charge is 2.07. The largest absolute Gasteiger partial charge is 0.396 e. The van der Waals surface area contributed by atoms with E-state index in [-0.39, 0.29) is 0 Å². The van der Waals surface area contributed by atoms with Gasteiger partial charge in [-0.1, -0.05) is 30.3 Å². The number of aromatic nitrogens is 1. The Balaban J connectivity index is 2.17. The number of nitrogen functional groups attached to an aromatic ring is 1. The van der Waals surface area contributed by atoms with E-state index in [4.69, 9.17) is 5.73 Å². The molecule has 0 radical (unpaired) electrons. The molecule has 3 nitrogen and oxygen atoms in total. The van der Waals surface area contributed by atoms with Crippen molar-refractivity contribution >= 4 is 27.4 Å². The normalized spacial score (nSPS) is 10.2. The van der Waals surface area contributed by atoms with E-state index in [0.29, 0.717) is 5.69 Å². The average Bonchev–Trinajstić information content (AvgIpc) is 2.30. The van der Waals surface area contributed by atoms with Gasteiger partial charge in [0.2, 0.25) is 0 Å². The van der Waals surface area contributed by atoms with Gasteiger partial charge in [-0.15, -0.1) is 0 Å². The molecule has 0 unspecified atom stereocenters. The van der Waals surface area contributed by atoms with E-state index in [1.165, 1.54) is 5.56 Å². The zero-order chi connectivity index (χ0) is 12.3. The molecule has 0 saturated heterocycles. The Kier molecular flexibility index (Phi) is 3.64. The van der Waals surface area contributed by atoms with E-state index in [0.717, 1.165) is 16.8 Å². The maximum Gasteiger partial charge on any atom is 0.151 e. The van der Waals surface area contributed by atoms with Gasteiger partial charge in [0.15, 0.2) is 5.82 Å². The van der Waals surface area contributed by atoms with Gasteiger partial charge in [-0.05, 0) is 27.6 Å². The smallest absolute Gasteiger partial charge is 0.151 e. The summed E-state index contributed by atoms with van der Waals surface area (Å²) in [5.41, 5.74) is 7.86. The Morgan fingerprint density at radius 2 is 2.00 bits per heavy atom. The van der Waals surface area contributed by atoms with Gasteiger partial charge in [-0.2, -0.15) is 0 Å². The van der Waals surface area contributed by atoms with Crippen molar-refractivity contribution in [3.8, 4) is 0 Å². The standard InChI is InChI=1S/C13H14BrN3/c1-17(9-10-5-3-2-4-6-10)13-12(15)7-11(14)8-16-13/h2-8H,9,15H2,1H3. The second-order valence-electron chi connectivity index (χ2n) is 3.91. The van der Waals surface area contributed by atoms with E-state index in [1.54, 1.807) is 6.20 Å². The third kappa shape index (κ3) is 2.97. The van der Waals surface area contributed by atoms with Crippen LogP contribution in [0, 0.1) is 0 Å². The predicted molar refractivity (Wildman–Crippen MR) is 74.9 cm³/mol. The lowest BCUT2D eigenvalue weighted by Gasteiger charge is -2.19. The summed E-state index contributed by atoms with van der Waals surface area (Å²) in [4.78, 5) is 6.37. The summed E-state index contributed by atoms with van der Waals surface area (Å²) in [6.07, 6.45) is 1.76. The number of nitrogens with two attached hydrogens (primary N) is 1. The number of benzene rings is 1. The zero-order valence-corrected chi connectivity index (χ0v) is 11.2. The van der Waals surface area contributed by atoms with Crippen molar-refractivity contribution in [3.05, 3.63) is 52.6 Å². The molecule has 0 aliphatic carbocycles. The molecular formula is C13H14BrN3. The maximum absolute atomic E-state index is 5.94. The fourth-order valence-corrected chi connectivity index (χ4v) is 2.05. The van der Waals surface area contributed by atoms with Gasteiger partial charge in [0, 0.05) is 24.3 Å². The Morgan fingerprint density at radius 3 is 2.65 bits per heavy atom. The monoisotopic (exact) mass is 291 g/mol. The van der Waals surface area contributed by atoms with Crippen molar-refractivity contribution in [2.24, 2.45) is 0 Å². The number of rotatable bonds is 3. The first kappa shape index (κ1) is 11.9. The molecule has 1 aromatic carbocycles. The highest BCUT2D eigenvalue weighted by Crippen LogP contribution is 2.23. The van der Waals surface area contributed by atoms with Crippen LogP contribution in [0.1, 0.15) is 5.56 Å². The first-order valence-electron chi connectivity index (χ1n) is 5.33. The number of hydrogen-bond donors (Lipinski definition) is 1. The van der Waals surface area contributed by atoms with Crippen LogP contribution in [-0.4, -0.2) is 12.0 Å². The molecule has 2 rings (SSSR count). The van der Waals surface area contributed by atoms with Gasteiger partial charge in [0.25, 0.3) is 0 Å². The van der Waals surface area contributed by atoms with E-state index >= 15 is 0 Å². The minimum absolute atomic E-state index is 0.679. The Bertz CT molecular complexity index is 499. The molecule has 0 aliphatic heterocycles. The third-order valence-corrected chi connectivity index (χ3v) is 2.92. The molecular weight excluding hydrogens is 278 g/mol. The Hall–Kier alpha value is -1.55. The molecule has 0 saturated carbocycles. The van der Waals surface area contributed by atoms with Crippen LogP contribution in [0.4, 0.5) is 11.5 Å². The second kappa shape index (κ2) is 5.19. The van der Waals surface area contributed by atoms with Crippen molar-refractivity contribution in [3.63, 3.8) is 0 Å². The topological polar surface area (TPSA) is 42.2 Å². The molecule has 4 heteroatoms. The Morgan fingerprint density at radius 1 is 1.29 bits per heavy atom. The molecule has 2 aromatic rings. The molecule has 1 heterocycles. The van der Waals surface area contributed by atoms with Crippen LogP contribution in [0.5, 0.6) is 0 Å².